The van der Waals surface area contributed by atoms with Gasteiger partial charge in [-0.05, 0) is 30.2 Å². The summed E-state index contributed by atoms with van der Waals surface area (Å²) in [6.07, 6.45) is 1.60. The van der Waals surface area contributed by atoms with Gasteiger partial charge in [0.25, 0.3) is 0 Å². The summed E-state index contributed by atoms with van der Waals surface area (Å²) in [6, 6.07) is 7.87. The first-order valence-electron chi connectivity index (χ1n) is 7.87. The average Bonchev–Trinajstić information content (AvgIpc) is 3.01. The van der Waals surface area contributed by atoms with Crippen molar-refractivity contribution in [2.75, 3.05) is 0 Å². The Morgan fingerprint density at radius 2 is 1.96 bits per heavy atom. The lowest BCUT2D eigenvalue weighted by Crippen LogP contribution is -2.13. The predicted molar refractivity (Wildman–Crippen MR) is 94.2 cm³/mol. The van der Waals surface area contributed by atoms with Crippen LogP contribution in [0.25, 0.3) is 22.1 Å². The molecule has 2 aromatic carbocycles. The van der Waals surface area contributed by atoms with Gasteiger partial charge in [-0.1, -0.05) is 18.7 Å². The average molecular weight is 336 g/mol. The molecule has 0 fully saturated rings. The van der Waals surface area contributed by atoms with Crippen molar-refractivity contribution < 1.29 is 19.4 Å². The third-order valence-corrected chi connectivity index (χ3v) is 4.49. The molecule has 1 aromatic heterocycles. The summed E-state index contributed by atoms with van der Waals surface area (Å²) in [5, 5.41) is 20.2. The van der Waals surface area contributed by atoms with Crippen LogP contribution in [-0.2, 0) is 6.42 Å². The summed E-state index contributed by atoms with van der Waals surface area (Å²) >= 11 is 0. The number of ether oxygens (including phenoxy) is 1. The van der Waals surface area contributed by atoms with E-state index in [9.17, 15) is 15.0 Å². The van der Waals surface area contributed by atoms with Gasteiger partial charge < -0.3 is 19.4 Å². The highest BCUT2D eigenvalue weighted by Gasteiger charge is 2.29. The van der Waals surface area contributed by atoms with Crippen molar-refractivity contribution in [2.24, 2.45) is 0 Å². The summed E-state index contributed by atoms with van der Waals surface area (Å²) < 4.78 is 11.4. The second kappa shape index (κ2) is 5.41. The fourth-order valence-electron chi connectivity index (χ4n) is 3.08. The molecular formula is C20H16O5. The fourth-order valence-corrected chi connectivity index (χ4v) is 3.08. The molecule has 5 heteroatoms. The third-order valence-electron chi connectivity index (χ3n) is 4.49. The summed E-state index contributed by atoms with van der Waals surface area (Å²) in [5.74, 6) is 0.516. The van der Waals surface area contributed by atoms with Gasteiger partial charge in [-0.3, -0.25) is 4.79 Å². The standard InChI is InChI=1S/C20H16O5/c1-10(2)15-7-13-16(25-15)8-17-18(19(13)22)20(23)14(9-24-17)11-3-5-12(21)6-4-11/h3-6,8-9,15,21-22H,1,7H2,2H3/t15-/m0/s1. The second-order valence-electron chi connectivity index (χ2n) is 6.26. The van der Waals surface area contributed by atoms with E-state index >= 15 is 0 Å². The second-order valence-corrected chi connectivity index (χ2v) is 6.26. The van der Waals surface area contributed by atoms with Crippen LogP contribution in [0.4, 0.5) is 0 Å². The molecule has 5 nitrogen and oxygen atoms in total. The largest absolute Gasteiger partial charge is 0.508 e. The van der Waals surface area contributed by atoms with Crippen LogP contribution in [0.2, 0.25) is 0 Å². The molecule has 2 N–H and O–H groups in total. The van der Waals surface area contributed by atoms with Crippen molar-refractivity contribution in [1.82, 2.24) is 0 Å². The van der Waals surface area contributed by atoms with Gasteiger partial charge in [0.05, 0.1) is 5.56 Å². The fraction of sp³-hybridized carbons (Fsp3) is 0.150. The Labute approximate surface area is 143 Å². The van der Waals surface area contributed by atoms with E-state index in [1.54, 1.807) is 18.2 Å². The Morgan fingerprint density at radius 1 is 1.24 bits per heavy atom. The number of phenolic OH excluding ortho intramolecular Hbond substituents is 2. The molecule has 1 aliphatic heterocycles. The van der Waals surface area contributed by atoms with Gasteiger partial charge in [-0.25, -0.2) is 0 Å². The van der Waals surface area contributed by atoms with Gasteiger partial charge in [-0.15, -0.1) is 0 Å². The zero-order valence-corrected chi connectivity index (χ0v) is 13.6. The van der Waals surface area contributed by atoms with Gasteiger partial charge in [0.1, 0.15) is 40.6 Å². The SMILES string of the molecule is C=C(C)[C@@H]1Cc2c(cc3occ(-c4ccc(O)cc4)c(=O)c3c2O)O1. The number of hydrogen-bond acceptors (Lipinski definition) is 5. The Hall–Kier alpha value is -3.21. The maximum Gasteiger partial charge on any atom is 0.204 e. The molecular weight excluding hydrogens is 320 g/mol. The summed E-state index contributed by atoms with van der Waals surface area (Å²) in [4.78, 5) is 12.9. The Kier molecular flexibility index (Phi) is 3.32. The van der Waals surface area contributed by atoms with E-state index in [-0.39, 0.29) is 34.0 Å². The van der Waals surface area contributed by atoms with Crippen LogP contribution in [0.15, 0.2) is 58.0 Å². The lowest BCUT2D eigenvalue weighted by Gasteiger charge is -2.09. The van der Waals surface area contributed by atoms with Gasteiger partial charge in [0, 0.05) is 18.1 Å². The minimum absolute atomic E-state index is 0.106. The van der Waals surface area contributed by atoms with Gasteiger partial charge in [0.15, 0.2) is 0 Å². The molecule has 0 unspecified atom stereocenters. The van der Waals surface area contributed by atoms with E-state index in [0.717, 1.165) is 5.57 Å². The lowest BCUT2D eigenvalue weighted by atomic mass is 10.0. The summed E-state index contributed by atoms with van der Waals surface area (Å²) in [7, 11) is 0. The zero-order chi connectivity index (χ0) is 17.7. The Balaban J connectivity index is 1.92. The number of benzene rings is 2. The van der Waals surface area contributed by atoms with Crippen LogP contribution < -0.4 is 10.2 Å². The molecule has 0 saturated carbocycles. The van der Waals surface area contributed by atoms with E-state index in [1.165, 1.54) is 18.4 Å². The van der Waals surface area contributed by atoms with Crippen molar-refractivity contribution in [1.29, 1.82) is 0 Å². The Bertz CT molecular complexity index is 1060. The van der Waals surface area contributed by atoms with Crippen molar-refractivity contribution in [3.63, 3.8) is 0 Å². The van der Waals surface area contributed by atoms with Crippen LogP contribution in [0, 0.1) is 0 Å². The van der Waals surface area contributed by atoms with Gasteiger partial charge in [-0.2, -0.15) is 0 Å². The van der Waals surface area contributed by atoms with Crippen LogP contribution in [-0.4, -0.2) is 16.3 Å². The number of aromatic hydroxyl groups is 2. The molecule has 25 heavy (non-hydrogen) atoms. The topological polar surface area (TPSA) is 79.9 Å². The molecule has 0 radical (unpaired) electrons. The lowest BCUT2D eigenvalue weighted by molar-refractivity contribution is 0.271. The zero-order valence-electron chi connectivity index (χ0n) is 13.6. The quantitative estimate of drug-likeness (QED) is 0.697. The van der Waals surface area contributed by atoms with Crippen molar-refractivity contribution >= 4 is 11.0 Å². The molecule has 1 atom stereocenters. The maximum absolute atomic E-state index is 12.9. The molecule has 0 saturated heterocycles. The Morgan fingerprint density at radius 3 is 2.64 bits per heavy atom. The molecule has 0 amide bonds. The van der Waals surface area contributed by atoms with E-state index in [4.69, 9.17) is 9.15 Å². The summed E-state index contributed by atoms with van der Waals surface area (Å²) in [6.45, 7) is 5.75. The normalized spacial score (nSPS) is 15.8. The van der Waals surface area contributed by atoms with E-state index in [1.807, 2.05) is 6.92 Å². The predicted octanol–water partition coefficient (Wildman–Crippen LogP) is 3.75. The number of fused-ring (bicyclic) bond motifs is 2. The van der Waals surface area contributed by atoms with Crippen molar-refractivity contribution in [2.45, 2.75) is 19.4 Å². The monoisotopic (exact) mass is 336 g/mol. The van der Waals surface area contributed by atoms with E-state index in [2.05, 4.69) is 6.58 Å². The number of phenols is 2. The molecule has 0 aliphatic carbocycles. The highest BCUT2D eigenvalue weighted by molar-refractivity contribution is 5.90. The van der Waals surface area contributed by atoms with Crippen LogP contribution in [0.3, 0.4) is 0 Å². The number of hydrogen-bond donors (Lipinski definition) is 2. The van der Waals surface area contributed by atoms with Gasteiger partial charge in [0.2, 0.25) is 5.43 Å². The molecule has 126 valence electrons. The number of rotatable bonds is 2. The van der Waals surface area contributed by atoms with Crippen molar-refractivity contribution in [3.8, 4) is 28.4 Å². The van der Waals surface area contributed by atoms with Gasteiger partial charge >= 0.3 is 0 Å². The first-order valence-corrected chi connectivity index (χ1v) is 7.87. The van der Waals surface area contributed by atoms with E-state index < -0.39 is 0 Å². The highest BCUT2D eigenvalue weighted by atomic mass is 16.5. The van der Waals surface area contributed by atoms with Crippen molar-refractivity contribution in [3.05, 3.63) is 64.5 Å². The smallest absolute Gasteiger partial charge is 0.204 e. The minimum atomic E-state index is -0.328. The molecule has 1 aliphatic rings. The summed E-state index contributed by atoms with van der Waals surface area (Å²) in [5.41, 5.74) is 2.30. The van der Waals surface area contributed by atoms with Crippen LogP contribution in [0.1, 0.15) is 12.5 Å². The molecule has 3 aromatic rings. The van der Waals surface area contributed by atoms with E-state index in [0.29, 0.717) is 28.9 Å². The molecule has 2 heterocycles. The van der Waals surface area contributed by atoms with Crippen LogP contribution >= 0.6 is 0 Å². The molecule has 4 rings (SSSR count). The maximum atomic E-state index is 12.9. The molecule has 0 spiro atoms. The highest BCUT2D eigenvalue weighted by Crippen LogP contribution is 2.41. The first kappa shape index (κ1) is 15.3. The molecule has 0 bridgehead atoms. The third kappa shape index (κ3) is 2.36. The van der Waals surface area contributed by atoms with Crippen LogP contribution in [0.5, 0.6) is 17.2 Å². The minimum Gasteiger partial charge on any atom is -0.508 e. The first-order chi connectivity index (χ1) is 12.0.